The first-order chi connectivity index (χ1) is 9.56. The lowest BCUT2D eigenvalue weighted by molar-refractivity contribution is -0.121. The number of rotatable bonds is 3. The van der Waals surface area contributed by atoms with Gasteiger partial charge in [-0.1, -0.05) is 12.1 Å². The number of aryl methyl sites for hydroxylation is 1. The molecular formula is C14H13FN2O3. The third-order valence-electron chi connectivity index (χ3n) is 2.70. The zero-order chi connectivity index (χ0) is 14.5. The minimum absolute atomic E-state index is 0.0466. The molecule has 0 spiro atoms. The number of hydrogen-bond donors (Lipinski definition) is 2. The topological polar surface area (TPSA) is 71.3 Å². The molecule has 0 bridgehead atoms. The molecule has 5 nitrogen and oxygen atoms in total. The number of carbonyl (C=O) groups excluding carboxylic acids is 2. The van der Waals surface area contributed by atoms with Crippen molar-refractivity contribution >= 4 is 11.8 Å². The van der Waals surface area contributed by atoms with Crippen LogP contribution in [0.4, 0.5) is 4.39 Å². The summed E-state index contributed by atoms with van der Waals surface area (Å²) >= 11 is 0. The molecular weight excluding hydrogens is 263 g/mol. The maximum atomic E-state index is 12.7. The average molecular weight is 276 g/mol. The molecule has 0 aliphatic rings. The third kappa shape index (κ3) is 3.44. The van der Waals surface area contributed by atoms with Crippen LogP contribution in [0.5, 0.6) is 0 Å². The van der Waals surface area contributed by atoms with Gasteiger partial charge in [-0.25, -0.2) is 4.39 Å². The van der Waals surface area contributed by atoms with Crippen LogP contribution in [0, 0.1) is 12.7 Å². The van der Waals surface area contributed by atoms with E-state index in [1.54, 1.807) is 6.92 Å². The fourth-order valence-electron chi connectivity index (χ4n) is 1.65. The summed E-state index contributed by atoms with van der Waals surface area (Å²) in [5.41, 5.74) is 5.58. The molecule has 0 atom stereocenters. The minimum atomic E-state index is -0.455. The lowest BCUT2D eigenvalue weighted by atomic mass is 10.1. The van der Waals surface area contributed by atoms with Crippen LogP contribution < -0.4 is 10.9 Å². The predicted molar refractivity (Wildman–Crippen MR) is 69.2 cm³/mol. The Morgan fingerprint density at radius 1 is 1.15 bits per heavy atom. The maximum absolute atomic E-state index is 12.7. The van der Waals surface area contributed by atoms with Gasteiger partial charge in [0, 0.05) is 0 Å². The van der Waals surface area contributed by atoms with E-state index in [0.29, 0.717) is 16.9 Å². The molecule has 1 heterocycles. The molecule has 0 saturated carbocycles. The van der Waals surface area contributed by atoms with Crippen LogP contribution in [0.3, 0.4) is 0 Å². The molecule has 20 heavy (non-hydrogen) atoms. The number of nitrogens with one attached hydrogen (secondary N) is 2. The van der Waals surface area contributed by atoms with Gasteiger partial charge >= 0.3 is 0 Å². The second-order valence-electron chi connectivity index (χ2n) is 4.20. The Morgan fingerprint density at radius 3 is 2.45 bits per heavy atom. The molecule has 2 amide bonds. The summed E-state index contributed by atoms with van der Waals surface area (Å²) in [4.78, 5) is 23.3. The van der Waals surface area contributed by atoms with Crippen molar-refractivity contribution in [1.29, 1.82) is 0 Å². The zero-order valence-electron chi connectivity index (χ0n) is 10.8. The van der Waals surface area contributed by atoms with Crippen molar-refractivity contribution in [3.63, 3.8) is 0 Å². The van der Waals surface area contributed by atoms with Gasteiger partial charge in [-0.3, -0.25) is 20.4 Å². The first-order valence-electron chi connectivity index (χ1n) is 5.94. The van der Waals surface area contributed by atoms with Gasteiger partial charge in [0.15, 0.2) is 0 Å². The van der Waals surface area contributed by atoms with Crippen LogP contribution in [0.2, 0.25) is 0 Å². The summed E-state index contributed by atoms with van der Waals surface area (Å²) in [6, 6.07) is 7.08. The van der Waals surface area contributed by atoms with E-state index in [0.717, 1.165) is 0 Å². The van der Waals surface area contributed by atoms with E-state index in [2.05, 4.69) is 10.9 Å². The van der Waals surface area contributed by atoms with Crippen molar-refractivity contribution in [2.45, 2.75) is 13.3 Å². The number of halogens is 1. The fourth-order valence-corrected chi connectivity index (χ4v) is 1.65. The molecule has 2 N–H and O–H groups in total. The first kappa shape index (κ1) is 13.8. The lowest BCUT2D eigenvalue weighted by Gasteiger charge is -2.06. The number of carbonyl (C=O) groups is 2. The molecule has 1 aromatic carbocycles. The molecule has 0 aliphatic heterocycles. The Balaban J connectivity index is 1.85. The number of hydrazine groups is 1. The van der Waals surface area contributed by atoms with E-state index < -0.39 is 11.8 Å². The summed E-state index contributed by atoms with van der Waals surface area (Å²) in [7, 11) is 0. The Kier molecular flexibility index (Phi) is 4.14. The quantitative estimate of drug-likeness (QED) is 0.839. The van der Waals surface area contributed by atoms with E-state index >= 15 is 0 Å². The van der Waals surface area contributed by atoms with Gasteiger partial charge in [0.25, 0.3) is 5.91 Å². The second kappa shape index (κ2) is 6.01. The molecule has 1 aromatic heterocycles. The van der Waals surface area contributed by atoms with Crippen LogP contribution in [0.1, 0.15) is 21.7 Å². The van der Waals surface area contributed by atoms with Crippen LogP contribution in [0.15, 0.2) is 41.0 Å². The lowest BCUT2D eigenvalue weighted by Crippen LogP contribution is -2.42. The monoisotopic (exact) mass is 276 g/mol. The Hall–Kier alpha value is -2.63. The van der Waals surface area contributed by atoms with Gasteiger partial charge in [0.1, 0.15) is 11.6 Å². The van der Waals surface area contributed by atoms with Gasteiger partial charge in [-0.05, 0) is 30.7 Å². The van der Waals surface area contributed by atoms with E-state index in [4.69, 9.17) is 4.42 Å². The molecule has 0 unspecified atom stereocenters. The van der Waals surface area contributed by atoms with Gasteiger partial charge in [0.05, 0.1) is 18.2 Å². The number of furan rings is 1. The Morgan fingerprint density at radius 2 is 1.85 bits per heavy atom. The summed E-state index contributed by atoms with van der Waals surface area (Å²) in [6.45, 7) is 1.65. The van der Waals surface area contributed by atoms with Gasteiger partial charge in [-0.2, -0.15) is 0 Å². The zero-order valence-corrected chi connectivity index (χ0v) is 10.8. The van der Waals surface area contributed by atoms with Crippen molar-refractivity contribution in [3.05, 3.63) is 59.3 Å². The van der Waals surface area contributed by atoms with Gasteiger partial charge < -0.3 is 4.42 Å². The highest BCUT2D eigenvalue weighted by atomic mass is 19.1. The smallest absolute Gasteiger partial charge is 0.273 e. The summed E-state index contributed by atoms with van der Waals surface area (Å²) in [5, 5.41) is 0. The van der Waals surface area contributed by atoms with Crippen molar-refractivity contribution in [2.75, 3.05) is 0 Å². The molecule has 2 aromatic rings. The maximum Gasteiger partial charge on any atom is 0.273 e. The summed E-state index contributed by atoms with van der Waals surface area (Å²) in [6.07, 6.45) is 1.44. The van der Waals surface area contributed by atoms with Crippen molar-refractivity contribution in [3.8, 4) is 0 Å². The molecule has 0 saturated heterocycles. The predicted octanol–water partition coefficient (Wildman–Crippen LogP) is 1.73. The Labute approximate surface area is 114 Å². The standard InChI is InChI=1S/C14H13FN2O3/c1-9-12(6-7-20-9)14(19)17-16-13(18)8-10-2-4-11(15)5-3-10/h2-7H,8H2,1H3,(H,16,18)(H,17,19). The van der Waals surface area contributed by atoms with Crippen LogP contribution in [-0.2, 0) is 11.2 Å². The second-order valence-corrected chi connectivity index (χ2v) is 4.20. The normalized spacial score (nSPS) is 10.1. The van der Waals surface area contributed by atoms with Crippen molar-refractivity contribution in [2.24, 2.45) is 0 Å². The van der Waals surface area contributed by atoms with Crippen molar-refractivity contribution < 1.29 is 18.4 Å². The number of hydrogen-bond acceptors (Lipinski definition) is 3. The van der Waals surface area contributed by atoms with E-state index in [1.807, 2.05) is 0 Å². The van der Waals surface area contributed by atoms with Crippen LogP contribution in [-0.4, -0.2) is 11.8 Å². The van der Waals surface area contributed by atoms with E-state index in [1.165, 1.54) is 36.6 Å². The molecule has 2 rings (SSSR count). The molecule has 6 heteroatoms. The summed E-state index contributed by atoms with van der Waals surface area (Å²) in [5.74, 6) is -0.747. The van der Waals surface area contributed by atoms with Crippen molar-refractivity contribution in [1.82, 2.24) is 10.9 Å². The van der Waals surface area contributed by atoms with Crippen LogP contribution in [0.25, 0.3) is 0 Å². The number of benzene rings is 1. The Bertz CT molecular complexity index is 620. The van der Waals surface area contributed by atoms with Crippen LogP contribution >= 0.6 is 0 Å². The van der Waals surface area contributed by atoms with E-state index in [9.17, 15) is 14.0 Å². The highest BCUT2D eigenvalue weighted by molar-refractivity contribution is 5.96. The van der Waals surface area contributed by atoms with Gasteiger partial charge in [-0.15, -0.1) is 0 Å². The first-order valence-corrected chi connectivity index (χ1v) is 5.94. The minimum Gasteiger partial charge on any atom is -0.469 e. The number of amides is 2. The summed E-state index contributed by atoms with van der Waals surface area (Å²) < 4.78 is 17.7. The molecule has 0 aliphatic carbocycles. The fraction of sp³-hybridized carbons (Fsp3) is 0.143. The van der Waals surface area contributed by atoms with Gasteiger partial charge in [0.2, 0.25) is 5.91 Å². The molecule has 104 valence electrons. The average Bonchev–Trinajstić information content (AvgIpc) is 2.85. The highest BCUT2D eigenvalue weighted by Gasteiger charge is 2.12. The molecule has 0 radical (unpaired) electrons. The highest BCUT2D eigenvalue weighted by Crippen LogP contribution is 2.07. The largest absolute Gasteiger partial charge is 0.469 e. The molecule has 0 fully saturated rings. The SMILES string of the molecule is Cc1occc1C(=O)NNC(=O)Cc1ccc(F)cc1. The van der Waals surface area contributed by atoms with E-state index in [-0.39, 0.29) is 12.2 Å². The third-order valence-corrected chi connectivity index (χ3v) is 2.70.